The maximum Gasteiger partial charge on any atom is 0.226 e. The van der Waals surface area contributed by atoms with Crippen LogP contribution in [0, 0.1) is 11.7 Å². The molecule has 1 aliphatic carbocycles. The average molecular weight is 307 g/mol. The third-order valence-corrected chi connectivity index (χ3v) is 4.92. The number of carbonyl (C=O) groups excluding carboxylic acids is 1. The minimum absolute atomic E-state index is 0.101. The van der Waals surface area contributed by atoms with E-state index in [0.717, 1.165) is 18.4 Å². The van der Waals surface area contributed by atoms with E-state index in [9.17, 15) is 14.3 Å². The molecule has 1 aromatic rings. The Morgan fingerprint density at radius 3 is 2.50 bits per heavy atom. The average Bonchev–Trinajstić information content (AvgIpc) is 2.95. The Kier molecular flexibility index (Phi) is 4.45. The molecule has 2 aliphatic rings. The number of halogens is 1. The van der Waals surface area contributed by atoms with Crippen LogP contribution in [0.3, 0.4) is 0 Å². The van der Waals surface area contributed by atoms with Gasteiger partial charge in [0.2, 0.25) is 5.91 Å². The van der Waals surface area contributed by atoms with Crippen LogP contribution in [-0.4, -0.2) is 30.3 Å². The van der Waals surface area contributed by atoms with E-state index in [4.69, 9.17) is 4.74 Å². The summed E-state index contributed by atoms with van der Waals surface area (Å²) >= 11 is 0. The Bertz CT molecular complexity index is 525. The molecule has 22 heavy (non-hydrogen) atoms. The van der Waals surface area contributed by atoms with Gasteiger partial charge in [-0.2, -0.15) is 0 Å². The van der Waals surface area contributed by atoms with Crippen LogP contribution < -0.4 is 5.32 Å². The predicted octanol–water partition coefficient (Wildman–Crippen LogP) is 2.11. The maximum atomic E-state index is 13.2. The number of aliphatic hydroxyl groups is 1. The van der Waals surface area contributed by atoms with Gasteiger partial charge >= 0.3 is 0 Å². The van der Waals surface area contributed by atoms with Crippen LogP contribution in [0.1, 0.15) is 37.7 Å². The summed E-state index contributed by atoms with van der Waals surface area (Å²) in [6.45, 7) is 1.12. The molecule has 0 radical (unpaired) electrons. The smallest absolute Gasteiger partial charge is 0.226 e. The summed E-state index contributed by atoms with van der Waals surface area (Å²) in [5, 5.41) is 13.1. The summed E-state index contributed by atoms with van der Waals surface area (Å²) in [5.74, 6) is -0.722. The van der Waals surface area contributed by atoms with E-state index >= 15 is 0 Å². The molecule has 2 unspecified atom stereocenters. The van der Waals surface area contributed by atoms with Crippen molar-refractivity contribution in [2.75, 3.05) is 13.2 Å². The summed E-state index contributed by atoms with van der Waals surface area (Å²) in [7, 11) is 0. The Hall–Kier alpha value is -1.46. The number of aliphatic hydroxyl groups excluding tert-OH is 1. The van der Waals surface area contributed by atoms with Crippen molar-refractivity contribution in [1.29, 1.82) is 0 Å². The molecule has 1 saturated heterocycles. The molecule has 1 amide bonds. The lowest BCUT2D eigenvalue weighted by Crippen LogP contribution is -2.52. The van der Waals surface area contributed by atoms with Crippen LogP contribution in [0.15, 0.2) is 24.3 Å². The van der Waals surface area contributed by atoms with E-state index in [1.807, 2.05) is 0 Å². The van der Waals surface area contributed by atoms with Crippen molar-refractivity contribution in [1.82, 2.24) is 5.32 Å². The quantitative estimate of drug-likeness (QED) is 0.899. The zero-order chi connectivity index (χ0) is 15.6. The second kappa shape index (κ2) is 6.34. The first-order valence-electron chi connectivity index (χ1n) is 7.95. The monoisotopic (exact) mass is 307 g/mol. The zero-order valence-corrected chi connectivity index (χ0v) is 12.6. The molecule has 2 fully saturated rings. The summed E-state index contributed by atoms with van der Waals surface area (Å²) in [4.78, 5) is 12.6. The van der Waals surface area contributed by atoms with Gasteiger partial charge in [-0.1, -0.05) is 12.1 Å². The van der Waals surface area contributed by atoms with Gasteiger partial charge in [-0.3, -0.25) is 4.79 Å². The summed E-state index contributed by atoms with van der Waals surface area (Å²) in [5.41, 5.74) is 0.378. The first-order valence-corrected chi connectivity index (χ1v) is 7.95. The fourth-order valence-corrected chi connectivity index (χ4v) is 3.55. The third-order valence-electron chi connectivity index (χ3n) is 4.92. The summed E-state index contributed by atoms with van der Waals surface area (Å²) in [6.07, 6.45) is 3.06. The van der Waals surface area contributed by atoms with Crippen molar-refractivity contribution >= 4 is 5.91 Å². The lowest BCUT2D eigenvalue weighted by Gasteiger charge is -2.39. The van der Waals surface area contributed by atoms with E-state index in [0.29, 0.717) is 32.5 Å². The highest BCUT2D eigenvalue weighted by Crippen LogP contribution is 2.34. The van der Waals surface area contributed by atoms with Crippen LogP contribution in [0.4, 0.5) is 4.39 Å². The van der Waals surface area contributed by atoms with Crippen molar-refractivity contribution in [2.24, 2.45) is 5.92 Å². The van der Waals surface area contributed by atoms with Gasteiger partial charge in [-0.15, -0.1) is 0 Å². The van der Waals surface area contributed by atoms with Crippen LogP contribution in [0.5, 0.6) is 0 Å². The molecule has 1 saturated carbocycles. The molecule has 4 nitrogen and oxygen atoms in total. The van der Waals surface area contributed by atoms with Crippen molar-refractivity contribution in [3.05, 3.63) is 35.6 Å². The van der Waals surface area contributed by atoms with E-state index < -0.39 is 11.6 Å². The molecule has 120 valence electrons. The number of benzene rings is 1. The molecular weight excluding hydrogens is 285 g/mol. The van der Waals surface area contributed by atoms with E-state index in [2.05, 4.69) is 5.32 Å². The first kappa shape index (κ1) is 15.4. The topological polar surface area (TPSA) is 58.6 Å². The molecule has 2 atom stereocenters. The molecule has 1 aromatic carbocycles. The molecule has 3 rings (SSSR count). The largest absolute Gasteiger partial charge is 0.392 e. The van der Waals surface area contributed by atoms with Gasteiger partial charge in [0.15, 0.2) is 0 Å². The van der Waals surface area contributed by atoms with E-state index in [-0.39, 0.29) is 17.6 Å². The fraction of sp³-hybridized carbons (Fsp3) is 0.588. The van der Waals surface area contributed by atoms with Gasteiger partial charge < -0.3 is 15.2 Å². The van der Waals surface area contributed by atoms with Crippen LogP contribution in [-0.2, 0) is 15.1 Å². The lowest BCUT2D eigenvalue weighted by molar-refractivity contribution is -0.131. The SMILES string of the molecule is O=C(NC1(c2ccc(F)cc2)CCOCC1)C1CCCC1O. The Labute approximate surface area is 129 Å². The second-order valence-corrected chi connectivity index (χ2v) is 6.30. The third kappa shape index (κ3) is 3.01. The van der Waals surface area contributed by atoms with Crippen LogP contribution >= 0.6 is 0 Å². The minimum atomic E-state index is -0.551. The Balaban J connectivity index is 1.83. The van der Waals surface area contributed by atoms with Crippen LogP contribution in [0.2, 0.25) is 0 Å². The Morgan fingerprint density at radius 1 is 1.23 bits per heavy atom. The lowest BCUT2D eigenvalue weighted by atomic mass is 9.82. The normalized spacial score (nSPS) is 27.5. The fourth-order valence-electron chi connectivity index (χ4n) is 3.55. The van der Waals surface area contributed by atoms with Gasteiger partial charge in [-0.25, -0.2) is 4.39 Å². The highest BCUT2D eigenvalue weighted by Gasteiger charge is 2.40. The standard InChI is InChI=1S/C17H22FNO3/c18-13-6-4-12(5-7-13)17(8-10-22-11-9-17)19-16(21)14-2-1-3-15(14)20/h4-7,14-15,20H,1-3,8-11H2,(H,19,21). The number of carbonyl (C=O) groups is 1. The highest BCUT2D eigenvalue weighted by molar-refractivity contribution is 5.80. The molecule has 5 heteroatoms. The molecule has 0 spiro atoms. The molecule has 2 N–H and O–H groups in total. The predicted molar refractivity (Wildman–Crippen MR) is 79.6 cm³/mol. The minimum Gasteiger partial charge on any atom is -0.392 e. The van der Waals surface area contributed by atoms with Gasteiger partial charge in [0.1, 0.15) is 5.82 Å². The van der Waals surface area contributed by atoms with Crippen molar-refractivity contribution < 1.29 is 19.0 Å². The number of rotatable bonds is 3. The number of ether oxygens (including phenoxy) is 1. The second-order valence-electron chi connectivity index (χ2n) is 6.30. The summed E-state index contributed by atoms with van der Waals surface area (Å²) in [6, 6.07) is 6.30. The highest BCUT2D eigenvalue weighted by atomic mass is 19.1. The zero-order valence-electron chi connectivity index (χ0n) is 12.6. The van der Waals surface area contributed by atoms with Crippen molar-refractivity contribution in [3.8, 4) is 0 Å². The number of nitrogens with one attached hydrogen (secondary N) is 1. The number of hydrogen-bond acceptors (Lipinski definition) is 3. The molecular formula is C17H22FNO3. The van der Waals surface area contributed by atoms with Gasteiger partial charge in [0.25, 0.3) is 0 Å². The number of hydrogen-bond donors (Lipinski definition) is 2. The first-order chi connectivity index (χ1) is 10.6. The molecule has 0 aromatic heterocycles. The number of amides is 1. The van der Waals surface area contributed by atoms with Crippen molar-refractivity contribution in [3.63, 3.8) is 0 Å². The molecule has 1 heterocycles. The Morgan fingerprint density at radius 2 is 1.91 bits per heavy atom. The van der Waals surface area contributed by atoms with E-state index in [1.54, 1.807) is 12.1 Å². The van der Waals surface area contributed by atoms with Gasteiger partial charge in [0, 0.05) is 13.2 Å². The molecule has 0 bridgehead atoms. The van der Waals surface area contributed by atoms with Gasteiger partial charge in [-0.05, 0) is 49.8 Å². The van der Waals surface area contributed by atoms with Gasteiger partial charge in [0.05, 0.1) is 17.6 Å². The molecule has 1 aliphatic heterocycles. The maximum absolute atomic E-state index is 13.2. The summed E-state index contributed by atoms with van der Waals surface area (Å²) < 4.78 is 18.6. The van der Waals surface area contributed by atoms with Crippen LogP contribution in [0.25, 0.3) is 0 Å². The van der Waals surface area contributed by atoms with E-state index in [1.165, 1.54) is 12.1 Å². The van der Waals surface area contributed by atoms with Crippen molar-refractivity contribution in [2.45, 2.75) is 43.7 Å².